The zero-order chi connectivity index (χ0) is 15.4. The van der Waals surface area contributed by atoms with Crippen molar-refractivity contribution in [2.45, 2.75) is 31.9 Å². The van der Waals surface area contributed by atoms with E-state index in [9.17, 15) is 9.50 Å². The molecule has 2 aliphatic heterocycles. The summed E-state index contributed by atoms with van der Waals surface area (Å²) in [7, 11) is 0. The SMILES string of the molecule is OC1CCN(c2ccc(CNC3=NCCCN3)cc2F)CC1. The summed E-state index contributed by atoms with van der Waals surface area (Å²) in [6.45, 7) is 3.73. The molecule has 0 aromatic heterocycles. The van der Waals surface area contributed by atoms with Crippen LogP contribution in [0.5, 0.6) is 0 Å². The summed E-state index contributed by atoms with van der Waals surface area (Å²) in [4.78, 5) is 6.34. The third-order valence-electron chi connectivity index (χ3n) is 4.17. The molecular formula is C16H23FN4O. The van der Waals surface area contributed by atoms with Gasteiger partial charge in [-0.3, -0.25) is 4.99 Å². The van der Waals surface area contributed by atoms with E-state index < -0.39 is 0 Å². The van der Waals surface area contributed by atoms with Crippen molar-refractivity contribution in [2.75, 3.05) is 31.1 Å². The predicted molar refractivity (Wildman–Crippen MR) is 85.6 cm³/mol. The third-order valence-corrected chi connectivity index (χ3v) is 4.17. The Kier molecular flexibility index (Phi) is 4.77. The standard InChI is InChI=1S/C16H23FN4O/c17-14-10-12(11-20-16-18-6-1-7-19-16)2-3-15(14)21-8-4-13(22)5-9-21/h2-3,10,13,22H,1,4-9,11H2,(H2,18,19,20). The first-order chi connectivity index (χ1) is 10.7. The Morgan fingerprint density at radius 2 is 2.18 bits per heavy atom. The Morgan fingerprint density at radius 1 is 1.36 bits per heavy atom. The van der Waals surface area contributed by atoms with Crippen molar-refractivity contribution in [2.24, 2.45) is 4.99 Å². The average Bonchev–Trinajstić information content (AvgIpc) is 2.55. The molecule has 0 amide bonds. The lowest BCUT2D eigenvalue weighted by Crippen LogP contribution is -2.40. The Balaban J connectivity index is 1.60. The van der Waals surface area contributed by atoms with Crippen LogP contribution in [0.1, 0.15) is 24.8 Å². The van der Waals surface area contributed by atoms with E-state index in [0.717, 1.165) is 31.0 Å². The zero-order valence-corrected chi connectivity index (χ0v) is 12.7. The number of benzene rings is 1. The maximum absolute atomic E-state index is 14.3. The number of guanidine groups is 1. The van der Waals surface area contributed by atoms with E-state index in [1.54, 1.807) is 6.07 Å². The van der Waals surface area contributed by atoms with Gasteiger partial charge in [-0.1, -0.05) is 6.07 Å². The van der Waals surface area contributed by atoms with Gasteiger partial charge in [-0.15, -0.1) is 0 Å². The van der Waals surface area contributed by atoms with Gasteiger partial charge in [0.2, 0.25) is 0 Å². The molecule has 3 rings (SSSR count). The Hall–Kier alpha value is -1.82. The van der Waals surface area contributed by atoms with Crippen molar-refractivity contribution in [3.63, 3.8) is 0 Å². The van der Waals surface area contributed by atoms with E-state index in [1.165, 1.54) is 0 Å². The van der Waals surface area contributed by atoms with Gasteiger partial charge in [0, 0.05) is 32.7 Å². The normalized spacial score (nSPS) is 19.5. The van der Waals surface area contributed by atoms with Crippen molar-refractivity contribution in [1.82, 2.24) is 10.6 Å². The van der Waals surface area contributed by atoms with Gasteiger partial charge in [-0.25, -0.2) is 4.39 Å². The second-order valence-corrected chi connectivity index (χ2v) is 5.87. The van der Waals surface area contributed by atoms with E-state index in [2.05, 4.69) is 15.6 Å². The number of anilines is 1. The third kappa shape index (κ3) is 3.68. The quantitative estimate of drug-likeness (QED) is 0.786. The molecule has 0 atom stereocenters. The van der Waals surface area contributed by atoms with Gasteiger partial charge in [0.1, 0.15) is 5.82 Å². The maximum Gasteiger partial charge on any atom is 0.191 e. The molecule has 3 N–H and O–H groups in total. The highest BCUT2D eigenvalue weighted by molar-refractivity contribution is 5.80. The maximum atomic E-state index is 14.3. The molecule has 0 unspecified atom stereocenters. The van der Waals surface area contributed by atoms with E-state index in [-0.39, 0.29) is 11.9 Å². The van der Waals surface area contributed by atoms with Gasteiger partial charge >= 0.3 is 0 Å². The molecular weight excluding hydrogens is 283 g/mol. The first-order valence-electron chi connectivity index (χ1n) is 7.96. The molecule has 22 heavy (non-hydrogen) atoms. The first kappa shape index (κ1) is 15.1. The van der Waals surface area contributed by atoms with Crippen LogP contribution in [0.3, 0.4) is 0 Å². The molecule has 2 aliphatic rings. The number of aliphatic hydroxyl groups excluding tert-OH is 1. The summed E-state index contributed by atoms with van der Waals surface area (Å²) in [5.74, 6) is 0.593. The molecule has 6 heteroatoms. The highest BCUT2D eigenvalue weighted by Crippen LogP contribution is 2.24. The molecule has 0 spiro atoms. The molecule has 2 heterocycles. The van der Waals surface area contributed by atoms with Gasteiger partial charge in [0.15, 0.2) is 5.96 Å². The minimum absolute atomic E-state index is 0.200. The highest BCUT2D eigenvalue weighted by atomic mass is 19.1. The molecule has 5 nitrogen and oxygen atoms in total. The molecule has 120 valence electrons. The zero-order valence-electron chi connectivity index (χ0n) is 12.7. The number of hydrogen-bond acceptors (Lipinski definition) is 5. The molecule has 0 radical (unpaired) electrons. The summed E-state index contributed by atoms with van der Waals surface area (Å²) in [6.07, 6.45) is 2.22. The van der Waals surface area contributed by atoms with Crippen LogP contribution in [0.25, 0.3) is 0 Å². The van der Waals surface area contributed by atoms with Crippen molar-refractivity contribution in [3.8, 4) is 0 Å². The summed E-state index contributed by atoms with van der Waals surface area (Å²) in [6, 6.07) is 5.36. The second-order valence-electron chi connectivity index (χ2n) is 5.87. The minimum Gasteiger partial charge on any atom is -0.393 e. The van der Waals surface area contributed by atoms with Gasteiger partial charge in [-0.05, 0) is 37.0 Å². The monoisotopic (exact) mass is 306 g/mol. The summed E-state index contributed by atoms with van der Waals surface area (Å²) < 4.78 is 14.3. The predicted octanol–water partition coefficient (Wildman–Crippen LogP) is 1.23. The number of nitrogens with zero attached hydrogens (tertiary/aromatic N) is 2. The fourth-order valence-electron chi connectivity index (χ4n) is 2.86. The molecule has 0 saturated carbocycles. The molecule has 0 aliphatic carbocycles. The molecule has 1 aromatic carbocycles. The Bertz CT molecular complexity index is 541. The van der Waals surface area contributed by atoms with Gasteiger partial charge in [0.05, 0.1) is 11.8 Å². The van der Waals surface area contributed by atoms with E-state index in [1.807, 2.05) is 17.0 Å². The van der Waals surface area contributed by atoms with Crippen LogP contribution in [0.4, 0.5) is 10.1 Å². The fourth-order valence-corrected chi connectivity index (χ4v) is 2.86. The van der Waals surface area contributed by atoms with Crippen LogP contribution in [0.2, 0.25) is 0 Å². The van der Waals surface area contributed by atoms with Crippen LogP contribution in [0.15, 0.2) is 23.2 Å². The van der Waals surface area contributed by atoms with Crippen molar-refractivity contribution in [1.29, 1.82) is 0 Å². The van der Waals surface area contributed by atoms with Crippen LogP contribution >= 0.6 is 0 Å². The lowest BCUT2D eigenvalue weighted by Gasteiger charge is -2.31. The topological polar surface area (TPSA) is 59.9 Å². The van der Waals surface area contributed by atoms with E-state index >= 15 is 0 Å². The second kappa shape index (κ2) is 6.96. The molecule has 1 aromatic rings. The van der Waals surface area contributed by atoms with Crippen LogP contribution in [0, 0.1) is 5.82 Å². The average molecular weight is 306 g/mol. The molecule has 1 fully saturated rings. The van der Waals surface area contributed by atoms with E-state index in [4.69, 9.17) is 0 Å². The van der Waals surface area contributed by atoms with Gasteiger partial charge < -0.3 is 20.6 Å². The minimum atomic E-state index is -0.244. The fraction of sp³-hybridized carbons (Fsp3) is 0.562. The van der Waals surface area contributed by atoms with Crippen molar-refractivity contribution in [3.05, 3.63) is 29.6 Å². The van der Waals surface area contributed by atoms with Gasteiger partial charge in [-0.2, -0.15) is 0 Å². The Morgan fingerprint density at radius 3 is 2.86 bits per heavy atom. The van der Waals surface area contributed by atoms with Crippen LogP contribution < -0.4 is 15.5 Å². The summed E-state index contributed by atoms with van der Waals surface area (Å²) in [5, 5.41) is 15.9. The summed E-state index contributed by atoms with van der Waals surface area (Å²) in [5.41, 5.74) is 1.53. The van der Waals surface area contributed by atoms with Crippen molar-refractivity contribution >= 4 is 11.6 Å². The highest BCUT2D eigenvalue weighted by Gasteiger charge is 2.19. The number of halogens is 1. The number of aliphatic imine (C=N–C) groups is 1. The number of hydrogen-bond donors (Lipinski definition) is 3. The smallest absolute Gasteiger partial charge is 0.191 e. The largest absolute Gasteiger partial charge is 0.393 e. The summed E-state index contributed by atoms with van der Waals surface area (Å²) >= 11 is 0. The molecule has 1 saturated heterocycles. The van der Waals surface area contributed by atoms with Gasteiger partial charge in [0.25, 0.3) is 0 Å². The lowest BCUT2D eigenvalue weighted by molar-refractivity contribution is 0.145. The number of rotatable bonds is 3. The number of piperidine rings is 1. The Labute approximate surface area is 130 Å². The van der Waals surface area contributed by atoms with E-state index in [0.29, 0.717) is 38.2 Å². The number of nitrogens with one attached hydrogen (secondary N) is 2. The first-order valence-corrected chi connectivity index (χ1v) is 7.96. The van der Waals surface area contributed by atoms with Crippen LogP contribution in [-0.4, -0.2) is 43.3 Å². The number of aliphatic hydroxyl groups is 1. The molecule has 0 bridgehead atoms. The van der Waals surface area contributed by atoms with Crippen LogP contribution in [-0.2, 0) is 6.54 Å². The van der Waals surface area contributed by atoms with Crippen molar-refractivity contribution < 1.29 is 9.50 Å². The lowest BCUT2D eigenvalue weighted by atomic mass is 10.1.